The van der Waals surface area contributed by atoms with E-state index in [-0.39, 0.29) is 0 Å². The van der Waals surface area contributed by atoms with Crippen molar-refractivity contribution in [1.82, 2.24) is 33.7 Å². The first kappa shape index (κ1) is 22.7. The first-order valence-electron chi connectivity index (χ1n) is 13.4. The summed E-state index contributed by atoms with van der Waals surface area (Å²) in [6.45, 7) is 4.65. The van der Waals surface area contributed by atoms with Crippen LogP contribution in [0.2, 0.25) is 0 Å². The minimum absolute atomic E-state index is 0.434. The number of fused-ring (bicyclic) bond motifs is 2. The molecule has 2 N–H and O–H groups in total. The zero-order valence-electron chi connectivity index (χ0n) is 21.6. The molecule has 0 amide bonds. The van der Waals surface area contributed by atoms with Crippen LogP contribution in [0, 0.1) is 0 Å². The van der Waals surface area contributed by atoms with Gasteiger partial charge in [0.1, 0.15) is 28.7 Å². The summed E-state index contributed by atoms with van der Waals surface area (Å²) in [5.74, 6) is 3.10. The fourth-order valence-electron chi connectivity index (χ4n) is 6.28. The van der Waals surface area contributed by atoms with E-state index < -0.39 is 0 Å². The summed E-state index contributed by atoms with van der Waals surface area (Å²) in [5.41, 5.74) is 12.7. The van der Waals surface area contributed by atoms with Gasteiger partial charge in [-0.3, -0.25) is 9.30 Å². The van der Waals surface area contributed by atoms with Gasteiger partial charge >= 0.3 is 0 Å². The highest BCUT2D eigenvalue weighted by Gasteiger charge is 2.38. The number of hydrogen-bond acceptors (Lipinski definition) is 6. The molecule has 1 saturated heterocycles. The molecular formula is C29H34N8. The van der Waals surface area contributed by atoms with Gasteiger partial charge in [0.2, 0.25) is 0 Å². The summed E-state index contributed by atoms with van der Waals surface area (Å²) in [5, 5.41) is 0. The van der Waals surface area contributed by atoms with E-state index in [0.717, 1.165) is 91.3 Å². The molecule has 190 valence electrons. The monoisotopic (exact) mass is 494 g/mol. The zero-order chi connectivity index (χ0) is 25.1. The molecule has 0 bridgehead atoms. The van der Waals surface area contributed by atoms with Crippen LogP contribution in [0.5, 0.6) is 0 Å². The summed E-state index contributed by atoms with van der Waals surface area (Å²) in [7, 11) is 4.31. The Balaban J connectivity index is 1.24. The van der Waals surface area contributed by atoms with Gasteiger partial charge in [-0.25, -0.2) is 15.0 Å². The van der Waals surface area contributed by atoms with E-state index in [0.29, 0.717) is 17.8 Å². The Kier molecular flexibility index (Phi) is 5.41. The number of rotatable bonds is 4. The average molecular weight is 495 g/mol. The lowest BCUT2D eigenvalue weighted by molar-refractivity contribution is 0.0586. The molecule has 4 aromatic rings. The van der Waals surface area contributed by atoms with Crippen molar-refractivity contribution in [3.05, 3.63) is 60.5 Å². The molecule has 7 rings (SSSR count). The normalized spacial score (nSPS) is 23.0. The molecular weight excluding hydrogens is 460 g/mol. The second-order valence-corrected chi connectivity index (χ2v) is 10.9. The Hall–Kier alpha value is -3.49. The Morgan fingerprint density at radius 3 is 2.65 bits per heavy atom. The highest BCUT2D eigenvalue weighted by molar-refractivity contribution is 5.90. The van der Waals surface area contributed by atoms with E-state index in [4.69, 9.17) is 15.7 Å². The number of allylic oxidation sites excluding steroid dienone is 4. The van der Waals surface area contributed by atoms with Crippen molar-refractivity contribution in [2.75, 3.05) is 39.0 Å². The van der Waals surface area contributed by atoms with Gasteiger partial charge in [0.05, 0.1) is 11.0 Å². The lowest BCUT2D eigenvalue weighted by Crippen LogP contribution is -2.52. The number of aryl methyl sites for hydroxylation is 1. The van der Waals surface area contributed by atoms with E-state index in [1.165, 1.54) is 5.57 Å². The number of nitrogens with two attached hydrogens (primary N) is 1. The largest absolute Gasteiger partial charge is 0.382 e. The number of anilines is 1. The fourth-order valence-corrected chi connectivity index (χ4v) is 6.28. The number of aromatic nitrogens is 5. The molecule has 37 heavy (non-hydrogen) atoms. The van der Waals surface area contributed by atoms with Crippen molar-refractivity contribution in [2.45, 2.75) is 37.6 Å². The van der Waals surface area contributed by atoms with Gasteiger partial charge in [-0.15, -0.1) is 0 Å². The average Bonchev–Trinajstić information content (AvgIpc) is 3.44. The number of likely N-dealkylation sites (N-methyl/N-ethyl adjacent to an activating group) is 1. The molecule has 1 aromatic carbocycles. The highest BCUT2D eigenvalue weighted by Crippen LogP contribution is 2.42. The topological polar surface area (TPSA) is 80.5 Å². The minimum Gasteiger partial charge on any atom is -0.382 e. The van der Waals surface area contributed by atoms with Crippen molar-refractivity contribution in [3.63, 3.8) is 0 Å². The quantitative estimate of drug-likeness (QED) is 0.460. The van der Waals surface area contributed by atoms with Crippen LogP contribution in [0.4, 0.5) is 5.82 Å². The summed E-state index contributed by atoms with van der Waals surface area (Å²) in [4.78, 5) is 19.7. The number of nitrogens with zero attached hydrogens (tertiary/aromatic N) is 7. The van der Waals surface area contributed by atoms with Crippen molar-refractivity contribution < 1.29 is 0 Å². The van der Waals surface area contributed by atoms with Gasteiger partial charge in [0.25, 0.3) is 0 Å². The number of nitrogen functional groups attached to an aromatic ring is 1. The van der Waals surface area contributed by atoms with Gasteiger partial charge in [0, 0.05) is 63.1 Å². The third-order valence-electron chi connectivity index (χ3n) is 8.60. The van der Waals surface area contributed by atoms with E-state index >= 15 is 0 Å². The van der Waals surface area contributed by atoms with Crippen LogP contribution in [0.15, 0.2) is 48.8 Å². The molecule has 0 radical (unpaired) electrons. The molecule has 3 aliphatic rings. The summed E-state index contributed by atoms with van der Waals surface area (Å²) in [6.07, 6.45) is 14.7. The van der Waals surface area contributed by atoms with Gasteiger partial charge in [-0.1, -0.05) is 24.3 Å². The van der Waals surface area contributed by atoms with Crippen molar-refractivity contribution in [2.24, 2.45) is 7.05 Å². The second-order valence-electron chi connectivity index (χ2n) is 10.9. The van der Waals surface area contributed by atoms with E-state index in [1.807, 2.05) is 6.20 Å². The maximum atomic E-state index is 6.44. The lowest BCUT2D eigenvalue weighted by atomic mass is 9.78. The first-order valence-corrected chi connectivity index (χ1v) is 13.4. The Bertz CT molecular complexity index is 1540. The van der Waals surface area contributed by atoms with Crippen LogP contribution in [0.1, 0.15) is 43.3 Å². The number of piperazine rings is 1. The van der Waals surface area contributed by atoms with Gasteiger partial charge in [-0.2, -0.15) is 0 Å². The van der Waals surface area contributed by atoms with Gasteiger partial charge in [-0.05, 0) is 50.4 Å². The number of imidazole rings is 2. The molecule has 0 spiro atoms. The third-order valence-corrected chi connectivity index (χ3v) is 8.60. The second kappa shape index (κ2) is 8.82. The number of benzene rings is 1. The zero-order valence-corrected chi connectivity index (χ0v) is 21.6. The van der Waals surface area contributed by atoms with Gasteiger partial charge in [0.15, 0.2) is 0 Å². The maximum absolute atomic E-state index is 6.44. The van der Waals surface area contributed by atoms with E-state index in [1.54, 1.807) is 6.20 Å². The molecule has 8 heteroatoms. The third kappa shape index (κ3) is 3.78. The summed E-state index contributed by atoms with van der Waals surface area (Å²) in [6, 6.07) is 7.12. The molecule has 1 aliphatic heterocycles. The SMILES string of the molecule is CN1CCN(C2CC(c3nc(-c4ccc5c(c4)nc(C4=CC=CCC4)n5C)c4c(N)nccn34)C2)CC1. The molecule has 3 aromatic heterocycles. The highest BCUT2D eigenvalue weighted by atomic mass is 15.3. The predicted octanol–water partition coefficient (Wildman–Crippen LogP) is 4.09. The van der Waals surface area contributed by atoms with E-state index in [2.05, 4.69) is 74.3 Å². The van der Waals surface area contributed by atoms with Crippen LogP contribution < -0.4 is 5.73 Å². The number of hydrogen-bond donors (Lipinski definition) is 1. The predicted molar refractivity (Wildman–Crippen MR) is 148 cm³/mol. The molecule has 2 aliphatic carbocycles. The smallest absolute Gasteiger partial charge is 0.150 e. The van der Waals surface area contributed by atoms with Crippen LogP contribution in [0.25, 0.3) is 33.4 Å². The summed E-state index contributed by atoms with van der Waals surface area (Å²) >= 11 is 0. The summed E-state index contributed by atoms with van der Waals surface area (Å²) < 4.78 is 4.37. The maximum Gasteiger partial charge on any atom is 0.150 e. The van der Waals surface area contributed by atoms with Crippen LogP contribution in [-0.2, 0) is 7.05 Å². The standard InChI is InChI=1S/C29H34N8/c1-34-12-14-36(15-13-34)22-16-21(17-22)29-33-25(26-27(30)31-10-11-37(26)29)20-8-9-24-23(18-20)32-28(35(24)2)19-6-4-3-5-7-19/h3-4,6,8-11,18,21-22H,5,7,12-17H2,1-2H3,(H2,30,31). The molecule has 0 atom stereocenters. The Morgan fingerprint density at radius 1 is 1.03 bits per heavy atom. The molecule has 4 heterocycles. The Labute approximate surface area is 217 Å². The molecule has 8 nitrogen and oxygen atoms in total. The van der Waals surface area contributed by atoms with Gasteiger partial charge < -0.3 is 15.2 Å². The van der Waals surface area contributed by atoms with Crippen molar-refractivity contribution in [3.8, 4) is 11.3 Å². The molecule has 1 saturated carbocycles. The molecule has 2 fully saturated rings. The Morgan fingerprint density at radius 2 is 1.86 bits per heavy atom. The minimum atomic E-state index is 0.434. The fraction of sp³-hybridized carbons (Fsp3) is 0.414. The van der Waals surface area contributed by atoms with Crippen molar-refractivity contribution >= 4 is 27.9 Å². The molecule has 0 unspecified atom stereocenters. The van der Waals surface area contributed by atoms with E-state index in [9.17, 15) is 0 Å². The van der Waals surface area contributed by atoms with Crippen LogP contribution >= 0.6 is 0 Å². The first-order chi connectivity index (χ1) is 18.1. The van der Waals surface area contributed by atoms with Crippen molar-refractivity contribution in [1.29, 1.82) is 0 Å². The lowest BCUT2D eigenvalue weighted by Gasteiger charge is -2.45. The van der Waals surface area contributed by atoms with Crippen LogP contribution in [0.3, 0.4) is 0 Å². The van der Waals surface area contributed by atoms with Crippen LogP contribution in [-0.4, -0.2) is 73.0 Å².